The number of nitrogens with one attached hydrogen (secondary N) is 1. The van der Waals surface area contributed by atoms with Crippen LogP contribution < -0.4 is 5.32 Å². The molecule has 0 saturated carbocycles. The lowest BCUT2D eigenvalue weighted by Crippen LogP contribution is -2.31. The highest BCUT2D eigenvalue weighted by Gasteiger charge is 2.16. The molecule has 0 aliphatic heterocycles. The first-order valence-corrected chi connectivity index (χ1v) is 8.24. The Hall–Kier alpha value is -2.39. The van der Waals surface area contributed by atoms with Gasteiger partial charge in [-0.3, -0.25) is 10.1 Å². The normalized spacial score (nSPS) is 11.8. The second-order valence-corrected chi connectivity index (χ2v) is 6.07. The minimum atomic E-state index is -0.253. The number of esters is 1. The van der Waals surface area contributed by atoms with Gasteiger partial charge in [-0.05, 0) is 38.0 Å². The molecule has 0 aromatic heterocycles. The quantitative estimate of drug-likeness (QED) is 0.611. The van der Waals surface area contributed by atoms with Crippen molar-refractivity contribution in [1.82, 2.24) is 5.32 Å². The van der Waals surface area contributed by atoms with Crippen molar-refractivity contribution in [3.8, 4) is 0 Å². The van der Waals surface area contributed by atoms with E-state index in [1.54, 1.807) is 0 Å². The minimum absolute atomic E-state index is 0.0429. The van der Waals surface area contributed by atoms with E-state index in [2.05, 4.69) is 29.6 Å². The first kappa shape index (κ1) is 18.0. The third-order valence-corrected chi connectivity index (χ3v) is 3.60. The van der Waals surface area contributed by atoms with Crippen molar-refractivity contribution in [2.24, 2.45) is 0 Å². The molecule has 1 unspecified atom stereocenters. The van der Waals surface area contributed by atoms with Gasteiger partial charge in [0.2, 0.25) is 0 Å². The van der Waals surface area contributed by atoms with Crippen molar-refractivity contribution >= 4 is 5.97 Å². The smallest absolute Gasteiger partial charge is 0.320 e. The number of hydrogen-bond donors (Lipinski definition) is 1. The summed E-state index contributed by atoms with van der Waals surface area (Å²) in [6, 6.07) is 20.2. The van der Waals surface area contributed by atoms with Gasteiger partial charge < -0.3 is 4.74 Å². The lowest BCUT2D eigenvalue weighted by Gasteiger charge is -2.20. The van der Waals surface area contributed by atoms with Gasteiger partial charge in [0.05, 0.1) is 12.6 Å². The topological polar surface area (TPSA) is 38.3 Å². The molecule has 0 aliphatic rings. The molecule has 3 heteroatoms. The van der Waals surface area contributed by atoms with Gasteiger partial charge in [-0.1, -0.05) is 66.2 Å². The lowest BCUT2D eigenvalue weighted by molar-refractivity contribution is -0.145. The third-order valence-electron chi connectivity index (χ3n) is 3.60. The first-order valence-electron chi connectivity index (χ1n) is 8.24. The average molecular weight is 323 g/mol. The summed E-state index contributed by atoms with van der Waals surface area (Å²) in [5.41, 5.74) is 3.37. The molecule has 24 heavy (non-hydrogen) atoms. The maximum Gasteiger partial charge on any atom is 0.320 e. The predicted octanol–water partition coefficient (Wildman–Crippen LogP) is 4.26. The fraction of sp³-hybridized carbons (Fsp3) is 0.286. The standard InChI is InChI=1S/C21H25NO2/c1-16(2)14-17(3)24-20(23)15-22-21(18-10-6-4-7-11-18)19-12-8-5-9-13-19/h4-14,17,21-22H,15H2,1-3H3. The number of carbonyl (C=O) groups excluding carboxylic acids is 1. The molecular formula is C21H25NO2. The number of ether oxygens (including phenoxy) is 1. The van der Waals surface area contributed by atoms with Gasteiger partial charge in [0, 0.05) is 0 Å². The van der Waals surface area contributed by atoms with E-state index in [0.29, 0.717) is 0 Å². The molecule has 0 saturated heterocycles. The van der Waals surface area contributed by atoms with Crippen LogP contribution in [-0.4, -0.2) is 18.6 Å². The molecule has 0 fully saturated rings. The van der Waals surface area contributed by atoms with Gasteiger partial charge in [-0.25, -0.2) is 0 Å². The summed E-state index contributed by atoms with van der Waals surface area (Å²) in [5.74, 6) is -0.253. The number of benzene rings is 2. The largest absolute Gasteiger partial charge is 0.457 e. The van der Waals surface area contributed by atoms with Crippen LogP contribution in [0.4, 0.5) is 0 Å². The van der Waals surface area contributed by atoms with E-state index < -0.39 is 0 Å². The van der Waals surface area contributed by atoms with Crippen molar-refractivity contribution in [2.75, 3.05) is 6.54 Å². The van der Waals surface area contributed by atoms with Gasteiger partial charge >= 0.3 is 5.97 Å². The first-order chi connectivity index (χ1) is 11.6. The fourth-order valence-corrected chi connectivity index (χ4v) is 2.66. The average Bonchev–Trinajstić information content (AvgIpc) is 2.56. The molecule has 3 nitrogen and oxygen atoms in total. The summed E-state index contributed by atoms with van der Waals surface area (Å²) in [6.45, 7) is 6.01. The van der Waals surface area contributed by atoms with E-state index in [0.717, 1.165) is 16.7 Å². The van der Waals surface area contributed by atoms with E-state index >= 15 is 0 Å². The van der Waals surface area contributed by atoms with Gasteiger partial charge in [0.1, 0.15) is 6.10 Å². The Morgan fingerprint density at radius 2 is 1.50 bits per heavy atom. The van der Waals surface area contributed by atoms with Crippen LogP contribution in [0.15, 0.2) is 72.3 Å². The Balaban J connectivity index is 2.05. The molecule has 0 spiro atoms. The van der Waals surface area contributed by atoms with E-state index in [1.807, 2.05) is 63.2 Å². The predicted molar refractivity (Wildman–Crippen MR) is 97.7 cm³/mol. The zero-order chi connectivity index (χ0) is 17.4. The summed E-state index contributed by atoms with van der Waals surface area (Å²) < 4.78 is 5.41. The summed E-state index contributed by atoms with van der Waals surface area (Å²) in [6.07, 6.45) is 1.72. The molecule has 0 amide bonds. The SMILES string of the molecule is CC(C)=CC(C)OC(=O)CNC(c1ccccc1)c1ccccc1. The van der Waals surface area contributed by atoms with E-state index in [-0.39, 0.29) is 24.7 Å². The van der Waals surface area contributed by atoms with Crippen LogP contribution in [0.2, 0.25) is 0 Å². The van der Waals surface area contributed by atoms with Crippen molar-refractivity contribution < 1.29 is 9.53 Å². The monoisotopic (exact) mass is 323 g/mol. The Morgan fingerprint density at radius 3 is 1.96 bits per heavy atom. The van der Waals surface area contributed by atoms with Crippen LogP contribution in [-0.2, 0) is 9.53 Å². The van der Waals surface area contributed by atoms with E-state index in [9.17, 15) is 4.79 Å². The highest BCUT2D eigenvalue weighted by Crippen LogP contribution is 2.21. The number of allylic oxidation sites excluding steroid dienone is 1. The van der Waals surface area contributed by atoms with Gasteiger partial charge in [0.15, 0.2) is 0 Å². The number of hydrogen-bond acceptors (Lipinski definition) is 3. The summed E-state index contributed by atoms with van der Waals surface area (Å²) in [7, 11) is 0. The number of rotatable bonds is 7. The molecule has 1 N–H and O–H groups in total. The Kier molecular flexibility index (Phi) is 6.76. The van der Waals surface area contributed by atoms with Crippen molar-refractivity contribution in [2.45, 2.75) is 32.9 Å². The van der Waals surface area contributed by atoms with Crippen LogP contribution in [0.3, 0.4) is 0 Å². The van der Waals surface area contributed by atoms with Crippen LogP contribution in [0, 0.1) is 0 Å². The summed E-state index contributed by atoms with van der Waals surface area (Å²) in [4.78, 5) is 12.1. The van der Waals surface area contributed by atoms with Gasteiger partial charge in [-0.2, -0.15) is 0 Å². The molecule has 2 aromatic carbocycles. The third kappa shape index (κ3) is 5.67. The zero-order valence-corrected chi connectivity index (χ0v) is 14.5. The van der Waals surface area contributed by atoms with Crippen molar-refractivity contribution in [3.05, 3.63) is 83.4 Å². The second kappa shape index (κ2) is 9.04. The summed E-state index contributed by atoms with van der Waals surface area (Å²) >= 11 is 0. The second-order valence-electron chi connectivity index (χ2n) is 6.07. The summed E-state index contributed by atoms with van der Waals surface area (Å²) in [5, 5.41) is 3.32. The van der Waals surface area contributed by atoms with Gasteiger partial charge in [0.25, 0.3) is 0 Å². The molecule has 126 valence electrons. The van der Waals surface area contributed by atoms with E-state index in [1.165, 1.54) is 0 Å². The highest BCUT2D eigenvalue weighted by molar-refractivity contribution is 5.72. The number of carbonyl (C=O) groups is 1. The van der Waals surface area contributed by atoms with Crippen molar-refractivity contribution in [3.63, 3.8) is 0 Å². The maximum atomic E-state index is 12.1. The molecule has 0 bridgehead atoms. The molecule has 2 rings (SSSR count). The molecule has 0 heterocycles. The minimum Gasteiger partial charge on any atom is -0.457 e. The van der Waals surface area contributed by atoms with Gasteiger partial charge in [-0.15, -0.1) is 0 Å². The molecule has 2 aromatic rings. The molecule has 0 radical (unpaired) electrons. The van der Waals surface area contributed by atoms with Crippen LogP contribution >= 0.6 is 0 Å². The van der Waals surface area contributed by atoms with E-state index in [4.69, 9.17) is 4.74 Å². The Morgan fingerprint density at radius 1 is 1.00 bits per heavy atom. The fourth-order valence-electron chi connectivity index (χ4n) is 2.66. The molecule has 0 aliphatic carbocycles. The molecule has 1 atom stereocenters. The molecular weight excluding hydrogens is 298 g/mol. The highest BCUT2D eigenvalue weighted by atomic mass is 16.5. The van der Waals surface area contributed by atoms with Crippen LogP contribution in [0.1, 0.15) is 37.9 Å². The van der Waals surface area contributed by atoms with Crippen LogP contribution in [0.25, 0.3) is 0 Å². The zero-order valence-electron chi connectivity index (χ0n) is 14.5. The van der Waals surface area contributed by atoms with Crippen LogP contribution in [0.5, 0.6) is 0 Å². The maximum absolute atomic E-state index is 12.1. The Labute approximate surface area is 144 Å². The Bertz CT molecular complexity index is 621. The lowest BCUT2D eigenvalue weighted by atomic mass is 9.99. The van der Waals surface area contributed by atoms with Crippen molar-refractivity contribution in [1.29, 1.82) is 0 Å².